The van der Waals surface area contributed by atoms with Gasteiger partial charge in [0.2, 0.25) is 0 Å². The van der Waals surface area contributed by atoms with Gasteiger partial charge in [-0.15, -0.1) is 0 Å². The maximum absolute atomic E-state index is 12.5. The van der Waals surface area contributed by atoms with Crippen LogP contribution in [0.2, 0.25) is 0 Å². The Balaban J connectivity index is 2.10. The quantitative estimate of drug-likeness (QED) is 0.320. The van der Waals surface area contributed by atoms with Gasteiger partial charge in [0.25, 0.3) is 0 Å². The molecule has 0 aliphatic rings. The highest BCUT2D eigenvalue weighted by Gasteiger charge is 2.38. The molecular formula is C22H22O8. The zero-order valence-electron chi connectivity index (χ0n) is 15.9. The van der Waals surface area contributed by atoms with Gasteiger partial charge in [-0.2, -0.15) is 0 Å². The number of carboxylic acid groups (broad SMARTS) is 2. The Morgan fingerprint density at radius 2 is 0.900 bits per heavy atom. The summed E-state index contributed by atoms with van der Waals surface area (Å²) < 4.78 is 0. The Kier molecular flexibility index (Phi) is 7.97. The molecule has 0 fully saturated rings. The number of aliphatic hydroxyl groups excluding tert-OH is 2. The number of Topliss-reactive ketones (excluding diaryl/α,β-unsaturated/α-hetero) is 2. The fourth-order valence-electron chi connectivity index (χ4n) is 3.14. The van der Waals surface area contributed by atoms with E-state index in [9.17, 15) is 39.6 Å². The third-order valence-corrected chi connectivity index (χ3v) is 4.74. The second-order valence-corrected chi connectivity index (χ2v) is 6.80. The second kappa shape index (κ2) is 10.4. The van der Waals surface area contributed by atoms with Crippen LogP contribution >= 0.6 is 0 Å². The molecule has 2 rings (SSSR count). The summed E-state index contributed by atoms with van der Waals surface area (Å²) in [7, 11) is 0. The minimum Gasteiger partial charge on any atom is -0.481 e. The Hall–Kier alpha value is -3.36. The van der Waals surface area contributed by atoms with Crippen LogP contribution in [-0.2, 0) is 9.59 Å². The number of ketones is 2. The highest BCUT2D eigenvalue weighted by Crippen LogP contribution is 2.22. The van der Waals surface area contributed by atoms with Gasteiger partial charge in [0.1, 0.15) is 11.8 Å². The lowest BCUT2D eigenvalue weighted by Gasteiger charge is -2.22. The zero-order valence-corrected chi connectivity index (χ0v) is 15.9. The summed E-state index contributed by atoms with van der Waals surface area (Å²) in [6, 6.07) is 15.2. The number of carboxylic acids is 2. The fourth-order valence-corrected chi connectivity index (χ4v) is 3.14. The van der Waals surface area contributed by atoms with Crippen molar-refractivity contribution in [3.63, 3.8) is 0 Å². The van der Waals surface area contributed by atoms with Crippen molar-refractivity contribution in [3.05, 3.63) is 71.8 Å². The molecule has 0 saturated heterocycles. The Morgan fingerprint density at radius 3 is 1.17 bits per heavy atom. The van der Waals surface area contributed by atoms with Gasteiger partial charge in [0.05, 0.1) is 12.2 Å². The summed E-state index contributed by atoms with van der Waals surface area (Å²) in [6.45, 7) is 0. The monoisotopic (exact) mass is 414 g/mol. The summed E-state index contributed by atoms with van der Waals surface area (Å²) in [5.74, 6) is -8.26. The summed E-state index contributed by atoms with van der Waals surface area (Å²) in [6.07, 6.45) is -4.12. The SMILES string of the molecule is O=C(O)C(C(=O)c1ccccc1)C(O)CCC(O)C(C(=O)O)C(=O)c1ccccc1. The molecule has 4 unspecified atom stereocenters. The first-order chi connectivity index (χ1) is 14.2. The molecule has 2 aromatic rings. The van der Waals surface area contributed by atoms with Crippen molar-refractivity contribution >= 4 is 23.5 Å². The third kappa shape index (κ3) is 5.59. The lowest BCUT2D eigenvalue weighted by Crippen LogP contribution is -2.38. The molecule has 0 amide bonds. The third-order valence-electron chi connectivity index (χ3n) is 4.74. The summed E-state index contributed by atoms with van der Waals surface area (Å²) in [4.78, 5) is 48.0. The number of carbonyl (C=O) groups excluding carboxylic acids is 2. The molecular weight excluding hydrogens is 392 g/mol. The molecule has 4 atom stereocenters. The van der Waals surface area contributed by atoms with Crippen molar-refractivity contribution in [1.82, 2.24) is 0 Å². The number of hydrogen-bond acceptors (Lipinski definition) is 6. The molecule has 0 bridgehead atoms. The van der Waals surface area contributed by atoms with E-state index >= 15 is 0 Å². The molecule has 0 aliphatic heterocycles. The summed E-state index contributed by atoms with van der Waals surface area (Å²) in [5, 5.41) is 39.3. The highest BCUT2D eigenvalue weighted by atomic mass is 16.4. The molecule has 8 heteroatoms. The predicted octanol–water partition coefficient (Wildman–Crippen LogP) is 1.66. The van der Waals surface area contributed by atoms with E-state index in [2.05, 4.69) is 0 Å². The van der Waals surface area contributed by atoms with Crippen LogP contribution in [0.1, 0.15) is 33.6 Å². The van der Waals surface area contributed by atoms with Gasteiger partial charge < -0.3 is 20.4 Å². The first kappa shape index (κ1) is 22.9. The maximum atomic E-state index is 12.5. The smallest absolute Gasteiger partial charge is 0.317 e. The Morgan fingerprint density at radius 1 is 0.600 bits per heavy atom. The van der Waals surface area contributed by atoms with Gasteiger partial charge in [-0.1, -0.05) is 60.7 Å². The maximum Gasteiger partial charge on any atom is 0.317 e. The molecule has 0 heterocycles. The van der Waals surface area contributed by atoms with Crippen molar-refractivity contribution in [2.24, 2.45) is 11.8 Å². The van der Waals surface area contributed by atoms with Gasteiger partial charge in [-0.3, -0.25) is 19.2 Å². The normalized spacial score (nSPS) is 14.9. The average Bonchev–Trinajstić information content (AvgIpc) is 2.73. The number of aliphatic carboxylic acids is 2. The van der Waals surface area contributed by atoms with Crippen LogP contribution in [0.4, 0.5) is 0 Å². The average molecular weight is 414 g/mol. The molecule has 30 heavy (non-hydrogen) atoms. The molecule has 0 spiro atoms. The first-order valence-corrected chi connectivity index (χ1v) is 9.24. The van der Waals surface area contributed by atoms with Crippen molar-refractivity contribution in [1.29, 1.82) is 0 Å². The van der Waals surface area contributed by atoms with E-state index < -0.39 is 47.5 Å². The molecule has 0 saturated carbocycles. The number of aliphatic hydroxyl groups is 2. The van der Waals surface area contributed by atoms with Crippen LogP contribution in [-0.4, -0.2) is 56.1 Å². The number of hydrogen-bond donors (Lipinski definition) is 4. The lowest BCUT2D eigenvalue weighted by molar-refractivity contribution is -0.146. The largest absolute Gasteiger partial charge is 0.481 e. The lowest BCUT2D eigenvalue weighted by atomic mass is 9.86. The molecule has 4 N–H and O–H groups in total. The van der Waals surface area contributed by atoms with Crippen LogP contribution in [0, 0.1) is 11.8 Å². The van der Waals surface area contributed by atoms with Crippen molar-refractivity contribution < 1.29 is 39.6 Å². The molecule has 0 aromatic heterocycles. The van der Waals surface area contributed by atoms with Crippen molar-refractivity contribution in [2.45, 2.75) is 25.0 Å². The summed E-state index contributed by atoms with van der Waals surface area (Å²) in [5.41, 5.74) is 0.208. The van der Waals surface area contributed by atoms with E-state index in [-0.39, 0.29) is 24.0 Å². The highest BCUT2D eigenvalue weighted by molar-refractivity contribution is 6.09. The van der Waals surface area contributed by atoms with Crippen molar-refractivity contribution in [3.8, 4) is 0 Å². The van der Waals surface area contributed by atoms with E-state index in [1.54, 1.807) is 36.4 Å². The van der Waals surface area contributed by atoms with E-state index in [0.717, 1.165) is 0 Å². The Bertz CT molecular complexity index is 818. The summed E-state index contributed by atoms with van der Waals surface area (Å²) >= 11 is 0. The van der Waals surface area contributed by atoms with E-state index in [0.29, 0.717) is 0 Å². The minimum atomic E-state index is -1.78. The number of benzene rings is 2. The molecule has 8 nitrogen and oxygen atoms in total. The van der Waals surface area contributed by atoms with Crippen LogP contribution in [0.3, 0.4) is 0 Å². The predicted molar refractivity (Wildman–Crippen MR) is 105 cm³/mol. The van der Waals surface area contributed by atoms with Crippen LogP contribution in [0.25, 0.3) is 0 Å². The molecule has 0 aliphatic carbocycles. The topological polar surface area (TPSA) is 149 Å². The molecule has 0 radical (unpaired) electrons. The molecule has 158 valence electrons. The van der Waals surface area contributed by atoms with Gasteiger partial charge >= 0.3 is 11.9 Å². The van der Waals surface area contributed by atoms with Gasteiger partial charge in [0, 0.05) is 11.1 Å². The van der Waals surface area contributed by atoms with Crippen LogP contribution in [0.15, 0.2) is 60.7 Å². The van der Waals surface area contributed by atoms with Crippen LogP contribution < -0.4 is 0 Å². The molecule has 2 aromatic carbocycles. The van der Waals surface area contributed by atoms with Gasteiger partial charge in [-0.25, -0.2) is 0 Å². The van der Waals surface area contributed by atoms with Gasteiger partial charge in [0.15, 0.2) is 11.6 Å². The van der Waals surface area contributed by atoms with E-state index in [1.807, 2.05) is 0 Å². The fraction of sp³-hybridized carbons (Fsp3) is 0.273. The Labute approximate surface area is 172 Å². The van der Waals surface area contributed by atoms with Crippen molar-refractivity contribution in [2.75, 3.05) is 0 Å². The zero-order chi connectivity index (χ0) is 22.3. The van der Waals surface area contributed by atoms with E-state index in [1.165, 1.54) is 24.3 Å². The van der Waals surface area contributed by atoms with E-state index in [4.69, 9.17) is 0 Å². The first-order valence-electron chi connectivity index (χ1n) is 9.24. The standard InChI is InChI=1S/C22H22O8/c23-15(17(21(27)28)19(25)13-7-3-1-4-8-13)11-12-16(24)18(22(29)30)20(26)14-9-5-2-6-10-14/h1-10,15-18,23-24H,11-12H2,(H,27,28)(H,29,30). The number of carbonyl (C=O) groups is 4. The minimum absolute atomic E-state index is 0.104. The number of rotatable bonds is 11. The van der Waals surface area contributed by atoms with Crippen LogP contribution in [0.5, 0.6) is 0 Å². The van der Waals surface area contributed by atoms with Gasteiger partial charge in [-0.05, 0) is 12.8 Å². The second-order valence-electron chi connectivity index (χ2n) is 6.80.